The van der Waals surface area contributed by atoms with Gasteiger partial charge in [-0.3, -0.25) is 0 Å². The van der Waals surface area contributed by atoms with E-state index in [9.17, 15) is 0 Å². The molecular weight excluding hydrogens is 281 g/mol. The summed E-state index contributed by atoms with van der Waals surface area (Å²) in [6.07, 6.45) is 3.76. The minimum Gasteiger partial charge on any atom is -0.492 e. The van der Waals surface area contributed by atoms with Gasteiger partial charge in [-0.25, -0.2) is 0 Å². The second kappa shape index (κ2) is 9.46. The standard InChI is InChI=1S/C15H24ClNO.ClH/c1-4-7-18-15-12(5-2)8-11(10-14(15)16)9-13(17)6-3;/h8,10,13H,4-7,9,17H2,1-3H3;1H. The molecule has 1 aromatic carbocycles. The number of halogens is 2. The fraction of sp³-hybridized carbons (Fsp3) is 0.600. The molecule has 1 aromatic rings. The van der Waals surface area contributed by atoms with Crippen LogP contribution in [0.4, 0.5) is 0 Å². The van der Waals surface area contributed by atoms with Crippen molar-refractivity contribution < 1.29 is 4.74 Å². The van der Waals surface area contributed by atoms with Crippen molar-refractivity contribution in [1.29, 1.82) is 0 Å². The van der Waals surface area contributed by atoms with Crippen LogP contribution in [0.15, 0.2) is 12.1 Å². The largest absolute Gasteiger partial charge is 0.492 e. The Morgan fingerprint density at radius 1 is 1.26 bits per heavy atom. The van der Waals surface area contributed by atoms with Crippen LogP contribution in [0.2, 0.25) is 5.02 Å². The van der Waals surface area contributed by atoms with Gasteiger partial charge in [-0.15, -0.1) is 12.4 Å². The van der Waals surface area contributed by atoms with E-state index >= 15 is 0 Å². The van der Waals surface area contributed by atoms with Gasteiger partial charge in [-0.2, -0.15) is 0 Å². The van der Waals surface area contributed by atoms with Crippen LogP contribution in [-0.2, 0) is 12.8 Å². The molecule has 0 saturated carbocycles. The topological polar surface area (TPSA) is 35.2 Å². The Kier molecular flexibility index (Phi) is 9.24. The highest BCUT2D eigenvalue weighted by molar-refractivity contribution is 6.32. The zero-order valence-electron chi connectivity index (χ0n) is 12.0. The Balaban J connectivity index is 0.00000324. The van der Waals surface area contributed by atoms with Crippen LogP contribution in [0.1, 0.15) is 44.7 Å². The highest BCUT2D eigenvalue weighted by atomic mass is 35.5. The van der Waals surface area contributed by atoms with Gasteiger partial charge in [0.15, 0.2) is 0 Å². The SMILES string of the molecule is CCCOc1c(Cl)cc(CC(N)CC)cc1CC.Cl. The molecule has 0 aromatic heterocycles. The van der Waals surface area contributed by atoms with Gasteiger partial charge >= 0.3 is 0 Å². The van der Waals surface area contributed by atoms with Crippen LogP contribution in [0.25, 0.3) is 0 Å². The predicted molar refractivity (Wildman–Crippen MR) is 85.8 cm³/mol. The normalized spacial score (nSPS) is 11.8. The molecule has 0 aliphatic carbocycles. The lowest BCUT2D eigenvalue weighted by Gasteiger charge is -2.15. The molecular formula is C15H25Cl2NO. The van der Waals surface area contributed by atoms with Gasteiger partial charge in [-0.05, 0) is 42.9 Å². The first-order valence-electron chi connectivity index (χ1n) is 6.81. The molecule has 0 aliphatic heterocycles. The second-order valence-corrected chi connectivity index (χ2v) is 5.05. The second-order valence-electron chi connectivity index (χ2n) is 4.64. The minimum absolute atomic E-state index is 0. The van der Waals surface area contributed by atoms with Crippen LogP contribution in [0.3, 0.4) is 0 Å². The third kappa shape index (κ3) is 5.60. The van der Waals surface area contributed by atoms with Crippen molar-refractivity contribution in [1.82, 2.24) is 0 Å². The van der Waals surface area contributed by atoms with E-state index in [1.807, 2.05) is 6.07 Å². The van der Waals surface area contributed by atoms with Crippen LogP contribution < -0.4 is 10.5 Å². The number of rotatable bonds is 7. The Bertz CT molecular complexity index is 383. The molecule has 0 bridgehead atoms. The first kappa shape index (κ1) is 18.6. The van der Waals surface area contributed by atoms with Crippen molar-refractivity contribution in [2.24, 2.45) is 5.73 Å². The highest BCUT2D eigenvalue weighted by Gasteiger charge is 2.11. The summed E-state index contributed by atoms with van der Waals surface area (Å²) in [6, 6.07) is 4.36. The Morgan fingerprint density at radius 3 is 2.47 bits per heavy atom. The van der Waals surface area contributed by atoms with Gasteiger partial charge in [0.25, 0.3) is 0 Å². The van der Waals surface area contributed by atoms with Crippen molar-refractivity contribution in [3.8, 4) is 5.75 Å². The van der Waals surface area contributed by atoms with Crippen LogP contribution in [0, 0.1) is 0 Å². The molecule has 0 saturated heterocycles. The maximum atomic E-state index is 6.31. The average molecular weight is 306 g/mol. The van der Waals surface area contributed by atoms with Crippen molar-refractivity contribution in [3.63, 3.8) is 0 Å². The van der Waals surface area contributed by atoms with Crippen LogP contribution >= 0.6 is 24.0 Å². The van der Waals surface area contributed by atoms with E-state index in [1.54, 1.807) is 0 Å². The highest BCUT2D eigenvalue weighted by Crippen LogP contribution is 2.31. The molecule has 1 atom stereocenters. The van der Waals surface area contributed by atoms with Crippen LogP contribution in [-0.4, -0.2) is 12.6 Å². The van der Waals surface area contributed by atoms with Gasteiger partial charge in [0, 0.05) is 6.04 Å². The summed E-state index contributed by atoms with van der Waals surface area (Å²) in [5.41, 5.74) is 8.37. The Morgan fingerprint density at radius 2 is 1.95 bits per heavy atom. The zero-order chi connectivity index (χ0) is 13.5. The van der Waals surface area contributed by atoms with Gasteiger partial charge in [0.05, 0.1) is 11.6 Å². The summed E-state index contributed by atoms with van der Waals surface area (Å²) < 4.78 is 5.73. The summed E-state index contributed by atoms with van der Waals surface area (Å²) in [5.74, 6) is 0.842. The predicted octanol–water partition coefficient (Wildman–Crippen LogP) is 4.39. The molecule has 0 heterocycles. The lowest BCUT2D eigenvalue weighted by Crippen LogP contribution is -2.21. The first-order valence-corrected chi connectivity index (χ1v) is 7.19. The van der Waals surface area contributed by atoms with Gasteiger partial charge in [-0.1, -0.05) is 38.4 Å². The van der Waals surface area contributed by atoms with E-state index in [1.165, 1.54) is 11.1 Å². The van der Waals surface area contributed by atoms with Crippen molar-refractivity contribution in [3.05, 3.63) is 28.3 Å². The van der Waals surface area contributed by atoms with E-state index in [0.717, 1.165) is 31.4 Å². The maximum absolute atomic E-state index is 6.31. The molecule has 0 fully saturated rings. The van der Waals surface area contributed by atoms with E-state index in [-0.39, 0.29) is 18.4 Å². The third-order valence-electron chi connectivity index (χ3n) is 3.03. The molecule has 2 N–H and O–H groups in total. The molecule has 19 heavy (non-hydrogen) atoms. The Hall–Kier alpha value is -0.440. The molecule has 0 amide bonds. The summed E-state index contributed by atoms with van der Waals surface area (Å²) >= 11 is 6.31. The van der Waals surface area contributed by atoms with Gasteiger partial charge in [0.1, 0.15) is 5.75 Å². The van der Waals surface area contributed by atoms with Gasteiger partial charge < -0.3 is 10.5 Å². The average Bonchev–Trinajstić information content (AvgIpc) is 2.36. The minimum atomic E-state index is 0. The monoisotopic (exact) mass is 305 g/mol. The van der Waals surface area contributed by atoms with E-state index in [0.29, 0.717) is 11.6 Å². The number of hydrogen-bond donors (Lipinski definition) is 1. The van der Waals surface area contributed by atoms with Gasteiger partial charge in [0.2, 0.25) is 0 Å². The number of hydrogen-bond acceptors (Lipinski definition) is 2. The zero-order valence-corrected chi connectivity index (χ0v) is 13.6. The quantitative estimate of drug-likeness (QED) is 0.810. The number of nitrogens with two attached hydrogens (primary N) is 1. The molecule has 4 heteroatoms. The third-order valence-corrected chi connectivity index (χ3v) is 3.31. The molecule has 0 aliphatic rings. The number of benzene rings is 1. The summed E-state index contributed by atoms with van der Waals surface area (Å²) in [4.78, 5) is 0. The molecule has 1 rings (SSSR count). The summed E-state index contributed by atoms with van der Waals surface area (Å²) in [5, 5.41) is 0.709. The number of aryl methyl sites for hydroxylation is 1. The first-order chi connectivity index (χ1) is 8.62. The lowest BCUT2D eigenvalue weighted by molar-refractivity contribution is 0.314. The Labute approximate surface area is 128 Å². The number of ether oxygens (including phenoxy) is 1. The molecule has 1 unspecified atom stereocenters. The van der Waals surface area contributed by atoms with E-state index in [2.05, 4.69) is 26.8 Å². The van der Waals surface area contributed by atoms with Crippen molar-refractivity contribution in [2.45, 2.75) is 52.5 Å². The summed E-state index contributed by atoms with van der Waals surface area (Å²) in [7, 11) is 0. The van der Waals surface area contributed by atoms with Crippen LogP contribution in [0.5, 0.6) is 5.75 Å². The fourth-order valence-electron chi connectivity index (χ4n) is 1.91. The maximum Gasteiger partial charge on any atom is 0.141 e. The van der Waals surface area contributed by atoms with Crippen molar-refractivity contribution in [2.75, 3.05) is 6.61 Å². The van der Waals surface area contributed by atoms with E-state index < -0.39 is 0 Å². The smallest absolute Gasteiger partial charge is 0.141 e. The fourth-order valence-corrected chi connectivity index (χ4v) is 2.22. The molecule has 110 valence electrons. The van der Waals surface area contributed by atoms with Crippen molar-refractivity contribution >= 4 is 24.0 Å². The molecule has 0 radical (unpaired) electrons. The molecule has 0 spiro atoms. The lowest BCUT2D eigenvalue weighted by atomic mass is 10.0. The molecule has 2 nitrogen and oxygen atoms in total. The van der Waals surface area contributed by atoms with E-state index in [4.69, 9.17) is 22.1 Å². The summed E-state index contributed by atoms with van der Waals surface area (Å²) in [6.45, 7) is 7.02.